The summed E-state index contributed by atoms with van der Waals surface area (Å²) >= 11 is 0. The zero-order valence-corrected chi connectivity index (χ0v) is 20.5. The molecular weight excluding hydrogens is 440 g/mol. The normalized spacial score (nSPS) is 11.2. The summed E-state index contributed by atoms with van der Waals surface area (Å²) in [5.41, 5.74) is 10.8. The second-order valence-corrected chi connectivity index (χ2v) is 9.36. The largest absolute Gasteiger partial charge is 0.454 e. The number of nitrogens with zero attached hydrogens (tertiary/aromatic N) is 2. The van der Waals surface area contributed by atoms with E-state index in [2.05, 4.69) is 92.3 Å². The molecule has 6 rings (SSSR count). The van der Waals surface area contributed by atoms with E-state index in [9.17, 15) is 5.26 Å². The maximum atomic E-state index is 10.0. The first kappa shape index (κ1) is 21.8. The van der Waals surface area contributed by atoms with E-state index in [0.717, 1.165) is 61.0 Å². The zero-order chi connectivity index (χ0) is 24.8. The van der Waals surface area contributed by atoms with E-state index >= 15 is 0 Å². The lowest BCUT2D eigenvalue weighted by atomic mass is 9.94. The van der Waals surface area contributed by atoms with Gasteiger partial charge in [-0.05, 0) is 59.9 Å². The number of benzene rings is 4. The van der Waals surface area contributed by atoms with Crippen molar-refractivity contribution in [2.24, 2.45) is 7.05 Å². The number of aromatic nitrogens is 1. The smallest absolute Gasteiger partial charge is 0.216 e. The van der Waals surface area contributed by atoms with E-state index < -0.39 is 0 Å². The molecule has 0 atom stereocenters. The number of furan rings is 1. The predicted molar refractivity (Wildman–Crippen MR) is 145 cm³/mol. The number of rotatable bonds is 3. The molecule has 0 N–H and O–H groups in total. The van der Waals surface area contributed by atoms with Crippen LogP contribution in [-0.4, -0.2) is 0 Å². The van der Waals surface area contributed by atoms with E-state index in [-0.39, 0.29) is 0 Å². The summed E-state index contributed by atoms with van der Waals surface area (Å²) in [6.45, 7) is 4.23. The minimum Gasteiger partial charge on any atom is -0.454 e. The van der Waals surface area contributed by atoms with Crippen LogP contribution in [0.25, 0.3) is 55.4 Å². The van der Waals surface area contributed by atoms with Gasteiger partial charge in [0, 0.05) is 28.5 Å². The third-order valence-electron chi connectivity index (χ3n) is 6.96. The van der Waals surface area contributed by atoms with Gasteiger partial charge in [0.15, 0.2) is 6.20 Å². The average molecular weight is 466 g/mol. The molecule has 0 aliphatic carbocycles. The first-order valence-corrected chi connectivity index (χ1v) is 12.1. The Morgan fingerprint density at radius 3 is 2.17 bits per heavy atom. The number of fused-ring (bicyclic) bond motifs is 3. The van der Waals surface area contributed by atoms with Crippen molar-refractivity contribution in [1.29, 1.82) is 5.26 Å². The molecule has 0 aliphatic rings. The molecule has 0 amide bonds. The maximum Gasteiger partial charge on any atom is 0.216 e. The fourth-order valence-corrected chi connectivity index (χ4v) is 5.11. The fraction of sp³-hybridized carbons (Fsp3) is 0.0909. The van der Waals surface area contributed by atoms with E-state index in [1.165, 1.54) is 5.56 Å². The summed E-state index contributed by atoms with van der Waals surface area (Å²) < 4.78 is 8.85. The quantitative estimate of drug-likeness (QED) is 0.249. The Balaban J connectivity index is 1.67. The van der Waals surface area contributed by atoms with Crippen LogP contribution in [0.1, 0.15) is 16.7 Å². The van der Waals surface area contributed by atoms with Gasteiger partial charge in [-0.1, -0.05) is 60.7 Å². The Morgan fingerprint density at radius 2 is 1.39 bits per heavy atom. The van der Waals surface area contributed by atoms with E-state index in [0.29, 0.717) is 5.56 Å². The second-order valence-electron chi connectivity index (χ2n) is 9.36. The molecule has 0 aliphatic heterocycles. The molecule has 0 saturated carbocycles. The molecule has 0 spiro atoms. The molecule has 0 saturated heterocycles. The van der Waals surface area contributed by atoms with Crippen LogP contribution >= 0.6 is 0 Å². The molecule has 4 aromatic carbocycles. The minimum atomic E-state index is 0.603. The maximum absolute atomic E-state index is 10.0. The highest BCUT2D eigenvalue weighted by molar-refractivity contribution is 6.14. The molecule has 3 heteroatoms. The van der Waals surface area contributed by atoms with Gasteiger partial charge in [-0.2, -0.15) is 5.26 Å². The van der Waals surface area contributed by atoms with E-state index in [1.54, 1.807) is 0 Å². The SMILES string of the molecule is Cc1cc[n+](C)c(-c2c(C)ccc3c2oc2c(-c4cccc(-c5ccccc5)c4)c(C#N)ccc23)c1. The second kappa shape index (κ2) is 8.52. The fourth-order valence-electron chi connectivity index (χ4n) is 5.11. The van der Waals surface area contributed by atoms with Gasteiger partial charge in [0.05, 0.1) is 17.2 Å². The number of nitriles is 1. The summed E-state index contributed by atoms with van der Waals surface area (Å²) in [5, 5.41) is 12.1. The molecule has 0 fully saturated rings. The van der Waals surface area contributed by atoms with Crippen molar-refractivity contribution in [2.45, 2.75) is 13.8 Å². The molecule has 2 aromatic heterocycles. The number of pyridine rings is 1. The zero-order valence-electron chi connectivity index (χ0n) is 20.5. The van der Waals surface area contributed by atoms with Crippen LogP contribution in [0.15, 0.2) is 102 Å². The van der Waals surface area contributed by atoms with Crippen molar-refractivity contribution in [1.82, 2.24) is 0 Å². The van der Waals surface area contributed by atoms with Gasteiger partial charge >= 0.3 is 0 Å². The highest BCUT2D eigenvalue weighted by Gasteiger charge is 2.23. The van der Waals surface area contributed by atoms with E-state index in [4.69, 9.17) is 4.42 Å². The summed E-state index contributed by atoms with van der Waals surface area (Å²) in [4.78, 5) is 0. The number of hydrogen-bond donors (Lipinski definition) is 0. The first-order chi connectivity index (χ1) is 17.5. The van der Waals surface area contributed by atoms with Crippen molar-refractivity contribution in [3.63, 3.8) is 0 Å². The van der Waals surface area contributed by atoms with Gasteiger partial charge in [0.1, 0.15) is 18.2 Å². The molecule has 2 heterocycles. The lowest BCUT2D eigenvalue weighted by molar-refractivity contribution is -0.660. The molecular formula is C33H25N2O+. The summed E-state index contributed by atoms with van der Waals surface area (Å²) in [6.07, 6.45) is 2.08. The van der Waals surface area contributed by atoms with Crippen molar-refractivity contribution in [3.05, 3.63) is 114 Å². The molecule has 36 heavy (non-hydrogen) atoms. The molecule has 0 radical (unpaired) electrons. The number of hydrogen-bond acceptors (Lipinski definition) is 2. The molecule has 6 aromatic rings. The van der Waals surface area contributed by atoms with Crippen LogP contribution in [-0.2, 0) is 7.05 Å². The standard InChI is InChI=1S/C33H25N2O/c1-21-16-17-35(3)29(18-21)30-22(2)12-14-27-28-15-13-26(20-34)31(33(28)36-32(27)30)25-11-7-10-24(19-25)23-8-5-4-6-9-23/h4-19H,1-3H3/q+1. The monoisotopic (exact) mass is 465 g/mol. The van der Waals surface area contributed by atoms with Crippen molar-refractivity contribution >= 4 is 21.9 Å². The highest BCUT2D eigenvalue weighted by Crippen LogP contribution is 2.42. The van der Waals surface area contributed by atoms with Gasteiger partial charge in [-0.3, -0.25) is 0 Å². The van der Waals surface area contributed by atoms with Crippen LogP contribution < -0.4 is 4.57 Å². The molecule has 172 valence electrons. The average Bonchev–Trinajstić information content (AvgIpc) is 3.28. The Labute approximate surface area is 210 Å². The lowest BCUT2D eigenvalue weighted by Gasteiger charge is -2.08. The van der Waals surface area contributed by atoms with Crippen molar-refractivity contribution in [2.75, 3.05) is 0 Å². The molecule has 0 unspecified atom stereocenters. The summed E-state index contributed by atoms with van der Waals surface area (Å²) in [7, 11) is 2.06. The first-order valence-electron chi connectivity index (χ1n) is 12.1. The van der Waals surface area contributed by atoms with Crippen LogP contribution in [0.5, 0.6) is 0 Å². The third kappa shape index (κ3) is 3.47. The van der Waals surface area contributed by atoms with Gasteiger partial charge < -0.3 is 4.42 Å². The Kier molecular flexibility index (Phi) is 5.16. The van der Waals surface area contributed by atoms with Gasteiger partial charge in [-0.15, -0.1) is 0 Å². The topological polar surface area (TPSA) is 40.8 Å². The number of aryl methyl sites for hydroxylation is 3. The lowest BCUT2D eigenvalue weighted by Crippen LogP contribution is -2.30. The van der Waals surface area contributed by atoms with Crippen molar-refractivity contribution < 1.29 is 8.98 Å². The molecule has 3 nitrogen and oxygen atoms in total. The van der Waals surface area contributed by atoms with Crippen LogP contribution in [0.4, 0.5) is 0 Å². The Hall–Kier alpha value is -4.68. The van der Waals surface area contributed by atoms with Crippen LogP contribution in [0, 0.1) is 25.2 Å². The van der Waals surface area contributed by atoms with Crippen LogP contribution in [0.2, 0.25) is 0 Å². The van der Waals surface area contributed by atoms with Crippen molar-refractivity contribution in [3.8, 4) is 39.6 Å². The third-order valence-corrected chi connectivity index (χ3v) is 6.96. The van der Waals surface area contributed by atoms with Crippen LogP contribution in [0.3, 0.4) is 0 Å². The minimum absolute atomic E-state index is 0.603. The van der Waals surface area contributed by atoms with Gasteiger partial charge in [-0.25, -0.2) is 4.57 Å². The Morgan fingerprint density at radius 1 is 0.694 bits per heavy atom. The van der Waals surface area contributed by atoms with Gasteiger partial charge in [0.2, 0.25) is 5.69 Å². The predicted octanol–water partition coefficient (Wildman–Crippen LogP) is 7.90. The molecule has 0 bridgehead atoms. The summed E-state index contributed by atoms with van der Waals surface area (Å²) in [5.74, 6) is 0. The van der Waals surface area contributed by atoms with Gasteiger partial charge in [0.25, 0.3) is 0 Å². The van der Waals surface area contributed by atoms with E-state index in [1.807, 2.05) is 36.4 Å². The Bertz CT molecular complexity index is 1820. The highest BCUT2D eigenvalue weighted by atomic mass is 16.3. The summed E-state index contributed by atoms with van der Waals surface area (Å²) in [6, 6.07) is 33.6.